The minimum atomic E-state index is -1.11. The second kappa shape index (κ2) is 7.35. The molecule has 8 atom stereocenters. The molecule has 3 heterocycles. The fraction of sp³-hybridized carbons (Fsp3) is 0.733. The van der Waals surface area contributed by atoms with Gasteiger partial charge in [0.25, 0.3) is 0 Å². The monoisotopic (exact) mass is 496 g/mol. The maximum Gasteiger partial charge on any atom is 0.333 e. The summed E-state index contributed by atoms with van der Waals surface area (Å²) in [5.74, 6) is -0.492. The highest BCUT2D eigenvalue weighted by Crippen LogP contribution is 2.71. The van der Waals surface area contributed by atoms with E-state index in [4.69, 9.17) is 14.2 Å². The SMILES string of the molecule is CC1=CC[C@H]([C@](C)(O)[C@H]2CC[C@@]3(C)C4=C(CC[C@]23C)[C@@H]2O[C@@]23C=CC(=O)OC(C)(C)[C@@H]3CC4)OC1=O. The number of allylic oxidation sites excluding steroid dienone is 1. The Labute approximate surface area is 214 Å². The number of hydrogen-bond acceptors (Lipinski definition) is 6. The molecule has 1 N–H and O–H groups in total. The molecule has 6 aliphatic rings. The average Bonchev–Trinajstić information content (AvgIpc) is 3.46. The van der Waals surface area contributed by atoms with Crippen molar-refractivity contribution in [2.24, 2.45) is 22.7 Å². The Hall–Kier alpha value is -1.92. The van der Waals surface area contributed by atoms with Crippen molar-refractivity contribution in [2.45, 2.75) is 115 Å². The van der Waals surface area contributed by atoms with E-state index in [9.17, 15) is 14.7 Å². The van der Waals surface area contributed by atoms with Gasteiger partial charge in [-0.3, -0.25) is 0 Å². The summed E-state index contributed by atoms with van der Waals surface area (Å²) in [5, 5.41) is 12.0. The van der Waals surface area contributed by atoms with E-state index in [2.05, 4.69) is 13.8 Å². The van der Waals surface area contributed by atoms with Crippen molar-refractivity contribution in [3.05, 3.63) is 34.9 Å². The molecule has 0 unspecified atom stereocenters. The molecule has 1 saturated heterocycles. The van der Waals surface area contributed by atoms with Gasteiger partial charge in [-0.1, -0.05) is 25.5 Å². The zero-order valence-corrected chi connectivity index (χ0v) is 22.5. The number of epoxide rings is 1. The van der Waals surface area contributed by atoms with Crippen molar-refractivity contribution in [3.63, 3.8) is 0 Å². The lowest BCUT2D eigenvalue weighted by Gasteiger charge is -2.54. The number of hydrogen-bond donors (Lipinski definition) is 1. The average molecular weight is 497 g/mol. The first-order valence-corrected chi connectivity index (χ1v) is 13.7. The van der Waals surface area contributed by atoms with Crippen molar-refractivity contribution in [2.75, 3.05) is 0 Å². The highest BCUT2D eigenvalue weighted by molar-refractivity contribution is 5.88. The molecule has 0 aromatic carbocycles. The predicted molar refractivity (Wildman–Crippen MR) is 134 cm³/mol. The number of carbonyl (C=O) groups excluding carboxylic acids is 2. The molecule has 6 heteroatoms. The van der Waals surface area contributed by atoms with E-state index in [-0.39, 0.29) is 40.7 Å². The summed E-state index contributed by atoms with van der Waals surface area (Å²) in [6.45, 7) is 12.4. The molecule has 1 saturated carbocycles. The van der Waals surface area contributed by atoms with Gasteiger partial charge in [-0.15, -0.1) is 0 Å². The normalized spacial score (nSPS) is 46.6. The van der Waals surface area contributed by atoms with Gasteiger partial charge in [0.15, 0.2) is 0 Å². The number of carbonyl (C=O) groups is 2. The van der Waals surface area contributed by atoms with Crippen molar-refractivity contribution < 1.29 is 28.9 Å². The van der Waals surface area contributed by atoms with E-state index >= 15 is 0 Å². The zero-order valence-electron chi connectivity index (χ0n) is 22.5. The van der Waals surface area contributed by atoms with E-state index in [1.807, 2.05) is 32.9 Å². The van der Waals surface area contributed by atoms with Gasteiger partial charge in [0.05, 0.1) is 0 Å². The van der Waals surface area contributed by atoms with Crippen LogP contribution in [0.5, 0.6) is 0 Å². The summed E-state index contributed by atoms with van der Waals surface area (Å²) in [5.41, 5.74) is 1.17. The van der Waals surface area contributed by atoms with Gasteiger partial charge in [0, 0.05) is 24.0 Å². The molecule has 1 spiro atoms. The Morgan fingerprint density at radius 2 is 1.83 bits per heavy atom. The van der Waals surface area contributed by atoms with Crippen LogP contribution in [-0.4, -0.2) is 46.1 Å². The summed E-state index contributed by atoms with van der Waals surface area (Å²) >= 11 is 0. The molecule has 0 bridgehead atoms. The van der Waals surface area contributed by atoms with Crippen LogP contribution in [0.25, 0.3) is 0 Å². The summed E-state index contributed by atoms with van der Waals surface area (Å²) in [6.07, 6.45) is 11.1. The van der Waals surface area contributed by atoms with Crippen LogP contribution < -0.4 is 0 Å². The van der Waals surface area contributed by atoms with Gasteiger partial charge in [0.1, 0.15) is 29.0 Å². The van der Waals surface area contributed by atoms with E-state index in [0.29, 0.717) is 12.0 Å². The van der Waals surface area contributed by atoms with Crippen LogP contribution in [0.15, 0.2) is 34.9 Å². The molecule has 0 aromatic heterocycles. The van der Waals surface area contributed by atoms with Crippen LogP contribution in [0, 0.1) is 22.7 Å². The summed E-state index contributed by atoms with van der Waals surface area (Å²) in [4.78, 5) is 24.6. The number of cyclic esters (lactones) is 2. The molecule has 0 radical (unpaired) electrons. The molecule has 2 fully saturated rings. The first kappa shape index (κ1) is 24.4. The second-order valence-corrected chi connectivity index (χ2v) is 13.4. The third-order valence-corrected chi connectivity index (χ3v) is 11.4. The largest absolute Gasteiger partial charge is 0.456 e. The Bertz CT molecular complexity index is 1130. The van der Waals surface area contributed by atoms with Crippen molar-refractivity contribution in [3.8, 4) is 0 Å². The number of ether oxygens (including phenoxy) is 3. The Balaban J connectivity index is 1.35. The van der Waals surface area contributed by atoms with Crippen LogP contribution in [0.3, 0.4) is 0 Å². The lowest BCUT2D eigenvalue weighted by atomic mass is 9.52. The van der Waals surface area contributed by atoms with E-state index in [0.717, 1.165) is 38.5 Å². The van der Waals surface area contributed by atoms with Gasteiger partial charge < -0.3 is 19.3 Å². The fourth-order valence-corrected chi connectivity index (χ4v) is 9.14. The van der Waals surface area contributed by atoms with Crippen molar-refractivity contribution >= 4 is 11.9 Å². The number of esters is 2. The standard InChI is InChI=1S/C30H40O6/c1-17-7-10-22(34-25(17)32)29(6,33)21-12-15-27(4)19-8-9-20-26(2,3)35-23(31)13-16-30(20)24(36-30)18(19)11-14-28(21,27)5/h7,13,16,20-22,24,33H,8-12,14-15H2,1-6H3/t20-,21-,22+,24-,27-,28+,29+,30+/m0/s1. The summed E-state index contributed by atoms with van der Waals surface area (Å²) in [7, 11) is 0. The molecule has 6 nitrogen and oxygen atoms in total. The molecule has 6 rings (SSSR count). The van der Waals surface area contributed by atoms with Crippen LogP contribution in [0.1, 0.15) is 86.5 Å². The highest BCUT2D eigenvalue weighted by Gasteiger charge is 2.71. The minimum Gasteiger partial charge on any atom is -0.456 e. The molecule has 0 aromatic rings. The van der Waals surface area contributed by atoms with Crippen LogP contribution in [-0.2, 0) is 23.8 Å². The fourth-order valence-electron chi connectivity index (χ4n) is 9.14. The van der Waals surface area contributed by atoms with Gasteiger partial charge >= 0.3 is 11.9 Å². The van der Waals surface area contributed by atoms with Gasteiger partial charge in [-0.2, -0.15) is 0 Å². The summed E-state index contributed by atoms with van der Waals surface area (Å²) < 4.78 is 18.1. The van der Waals surface area contributed by atoms with Gasteiger partial charge in [-0.25, -0.2) is 9.59 Å². The predicted octanol–water partition coefficient (Wildman–Crippen LogP) is 4.95. The summed E-state index contributed by atoms with van der Waals surface area (Å²) in [6, 6.07) is 0. The first-order chi connectivity index (χ1) is 16.8. The lowest BCUT2D eigenvalue weighted by Crippen LogP contribution is -2.55. The molecular weight excluding hydrogens is 456 g/mol. The van der Waals surface area contributed by atoms with E-state index in [1.165, 1.54) is 11.1 Å². The molecule has 0 amide bonds. The minimum absolute atomic E-state index is 0.00151. The van der Waals surface area contributed by atoms with Crippen LogP contribution in [0.4, 0.5) is 0 Å². The molecular formula is C30H40O6. The van der Waals surface area contributed by atoms with Crippen LogP contribution in [0.2, 0.25) is 0 Å². The molecule has 3 aliphatic carbocycles. The maximum absolute atomic E-state index is 12.3. The Kier molecular flexibility index (Phi) is 4.98. The number of rotatable bonds is 2. The first-order valence-electron chi connectivity index (χ1n) is 13.7. The van der Waals surface area contributed by atoms with Gasteiger partial charge in [-0.05, 0) is 94.6 Å². The van der Waals surface area contributed by atoms with Gasteiger partial charge in [0.2, 0.25) is 0 Å². The third kappa shape index (κ3) is 3.03. The number of aliphatic hydroxyl groups is 1. The quantitative estimate of drug-likeness (QED) is 0.331. The Morgan fingerprint density at radius 1 is 1.08 bits per heavy atom. The molecule has 36 heavy (non-hydrogen) atoms. The van der Waals surface area contributed by atoms with Crippen molar-refractivity contribution in [1.29, 1.82) is 0 Å². The lowest BCUT2D eigenvalue weighted by molar-refractivity contribution is -0.178. The van der Waals surface area contributed by atoms with Crippen LogP contribution >= 0.6 is 0 Å². The zero-order chi connectivity index (χ0) is 25.9. The molecule has 196 valence electrons. The van der Waals surface area contributed by atoms with E-state index < -0.39 is 22.9 Å². The Morgan fingerprint density at radius 3 is 2.56 bits per heavy atom. The smallest absolute Gasteiger partial charge is 0.333 e. The number of fused-ring (bicyclic) bond motifs is 3. The maximum atomic E-state index is 12.3. The topological polar surface area (TPSA) is 85.4 Å². The van der Waals surface area contributed by atoms with Crippen molar-refractivity contribution in [1.82, 2.24) is 0 Å². The highest BCUT2D eigenvalue weighted by atomic mass is 16.6. The third-order valence-electron chi connectivity index (χ3n) is 11.4. The van der Waals surface area contributed by atoms with E-state index in [1.54, 1.807) is 13.0 Å². The second-order valence-electron chi connectivity index (χ2n) is 13.4. The molecule has 3 aliphatic heterocycles.